The van der Waals surface area contributed by atoms with E-state index in [9.17, 15) is 0 Å². The lowest BCUT2D eigenvalue weighted by Crippen LogP contribution is -2.07. The fourth-order valence-electron chi connectivity index (χ4n) is 3.63. The van der Waals surface area contributed by atoms with E-state index >= 15 is 0 Å². The number of nitrogens with zero attached hydrogens (tertiary/aromatic N) is 6. The fourth-order valence-corrected chi connectivity index (χ4v) is 3.63. The van der Waals surface area contributed by atoms with Crippen molar-refractivity contribution >= 4 is 16.9 Å². The monoisotopic (exact) mass is 401 g/mol. The summed E-state index contributed by atoms with van der Waals surface area (Å²) in [4.78, 5) is 18.0. The number of aromatic nitrogens is 6. The Kier molecular flexibility index (Phi) is 4.74. The van der Waals surface area contributed by atoms with Crippen LogP contribution in [0.2, 0.25) is 0 Å². The lowest BCUT2D eigenvalue weighted by atomic mass is 10.2. The van der Waals surface area contributed by atoms with Gasteiger partial charge in [-0.3, -0.25) is 14.6 Å². The molecule has 8 nitrogen and oxygen atoms in total. The minimum Gasteiger partial charge on any atom is -0.477 e. The predicted octanol–water partition coefficient (Wildman–Crippen LogP) is 3.26. The van der Waals surface area contributed by atoms with Crippen LogP contribution in [0.5, 0.6) is 5.88 Å². The van der Waals surface area contributed by atoms with Crippen LogP contribution in [0.3, 0.4) is 0 Å². The molecule has 4 aromatic heterocycles. The Morgan fingerprint density at radius 1 is 1.17 bits per heavy atom. The molecule has 1 N–H and O–H groups in total. The zero-order valence-corrected chi connectivity index (χ0v) is 17.0. The highest BCUT2D eigenvalue weighted by molar-refractivity contribution is 5.73. The third kappa shape index (κ3) is 4.07. The van der Waals surface area contributed by atoms with Crippen LogP contribution in [0.15, 0.2) is 48.9 Å². The van der Waals surface area contributed by atoms with Gasteiger partial charge in [0.25, 0.3) is 0 Å². The van der Waals surface area contributed by atoms with Crippen LogP contribution >= 0.6 is 0 Å². The van der Waals surface area contributed by atoms with Gasteiger partial charge in [-0.05, 0) is 37.6 Å². The number of pyridine rings is 2. The highest BCUT2D eigenvalue weighted by Crippen LogP contribution is 2.47. The second-order valence-corrected chi connectivity index (χ2v) is 7.71. The normalized spacial score (nSPS) is 17.8. The van der Waals surface area contributed by atoms with E-state index in [0.717, 1.165) is 34.5 Å². The van der Waals surface area contributed by atoms with Crippen LogP contribution in [0.1, 0.15) is 29.4 Å². The molecule has 5 rings (SSSR count). The van der Waals surface area contributed by atoms with Crippen molar-refractivity contribution in [3.05, 3.63) is 66.0 Å². The molecule has 0 aromatic carbocycles. The van der Waals surface area contributed by atoms with Crippen LogP contribution in [0, 0.1) is 12.8 Å². The minimum absolute atomic E-state index is 0.431. The molecule has 0 spiro atoms. The fraction of sp³-hybridized carbons (Fsp3) is 0.318. The average molecular weight is 401 g/mol. The number of fused-ring (bicyclic) bond motifs is 1. The quantitative estimate of drug-likeness (QED) is 0.508. The summed E-state index contributed by atoms with van der Waals surface area (Å²) in [7, 11) is 1.90. The van der Waals surface area contributed by atoms with Gasteiger partial charge >= 0.3 is 0 Å². The number of aryl methyl sites for hydroxylation is 2. The summed E-state index contributed by atoms with van der Waals surface area (Å²) in [6, 6.07) is 9.89. The molecule has 0 aliphatic heterocycles. The lowest BCUT2D eigenvalue weighted by Gasteiger charge is -2.09. The maximum Gasteiger partial charge on any atom is 0.218 e. The first-order chi connectivity index (χ1) is 14.6. The van der Waals surface area contributed by atoms with Crippen LogP contribution in [0.4, 0.5) is 5.82 Å². The first kappa shape index (κ1) is 18.5. The molecule has 0 bridgehead atoms. The van der Waals surface area contributed by atoms with Crippen molar-refractivity contribution in [2.75, 3.05) is 11.9 Å². The number of hydrogen-bond donors (Lipinski definition) is 1. The third-order valence-corrected chi connectivity index (χ3v) is 5.27. The first-order valence-corrected chi connectivity index (χ1v) is 10.1. The molecule has 0 saturated heterocycles. The summed E-state index contributed by atoms with van der Waals surface area (Å²) in [5.41, 5.74) is 4.08. The van der Waals surface area contributed by atoms with E-state index in [1.165, 1.54) is 0 Å². The topological polar surface area (TPSA) is 90.6 Å². The number of hydrogen-bond acceptors (Lipinski definition) is 7. The van der Waals surface area contributed by atoms with Gasteiger partial charge in [0.05, 0.1) is 23.8 Å². The average Bonchev–Trinajstić information content (AvgIpc) is 3.42. The van der Waals surface area contributed by atoms with Crippen molar-refractivity contribution in [3.8, 4) is 5.88 Å². The van der Waals surface area contributed by atoms with Crippen LogP contribution in [-0.4, -0.2) is 36.3 Å². The number of rotatable bonds is 7. The summed E-state index contributed by atoms with van der Waals surface area (Å²) in [6.07, 6.45) is 6.68. The Morgan fingerprint density at radius 3 is 2.97 bits per heavy atom. The molecule has 4 aromatic rings. The zero-order chi connectivity index (χ0) is 20.5. The van der Waals surface area contributed by atoms with Crippen LogP contribution < -0.4 is 10.1 Å². The highest BCUT2D eigenvalue weighted by Gasteiger charge is 2.40. The van der Waals surface area contributed by atoms with Crippen molar-refractivity contribution in [2.45, 2.75) is 25.8 Å². The van der Waals surface area contributed by atoms with E-state index in [0.29, 0.717) is 36.7 Å². The molecular formula is C22H23N7O. The molecular weight excluding hydrogens is 378 g/mol. The van der Waals surface area contributed by atoms with Gasteiger partial charge in [-0.2, -0.15) is 10.1 Å². The van der Waals surface area contributed by atoms with Gasteiger partial charge in [-0.15, -0.1) is 0 Å². The van der Waals surface area contributed by atoms with E-state index in [1.54, 1.807) is 10.9 Å². The molecule has 1 saturated carbocycles. The largest absolute Gasteiger partial charge is 0.477 e. The molecule has 8 heteroatoms. The predicted molar refractivity (Wildman–Crippen MR) is 113 cm³/mol. The molecule has 4 heterocycles. The summed E-state index contributed by atoms with van der Waals surface area (Å²) >= 11 is 0. The van der Waals surface area contributed by atoms with Gasteiger partial charge in [0.1, 0.15) is 11.6 Å². The molecule has 30 heavy (non-hydrogen) atoms. The minimum atomic E-state index is 0.431. The maximum absolute atomic E-state index is 6.00. The Hall–Kier alpha value is -3.55. The van der Waals surface area contributed by atoms with Crippen molar-refractivity contribution in [1.82, 2.24) is 29.7 Å². The van der Waals surface area contributed by atoms with Crippen LogP contribution in [-0.2, 0) is 13.6 Å². The molecule has 2 atom stereocenters. The third-order valence-electron chi connectivity index (χ3n) is 5.27. The van der Waals surface area contributed by atoms with Gasteiger partial charge in [-0.25, -0.2) is 4.98 Å². The molecule has 152 valence electrons. The van der Waals surface area contributed by atoms with Crippen molar-refractivity contribution < 1.29 is 4.74 Å². The van der Waals surface area contributed by atoms with E-state index in [2.05, 4.69) is 31.4 Å². The molecule has 0 unspecified atom stereocenters. The second kappa shape index (κ2) is 7.70. The maximum atomic E-state index is 6.00. The van der Waals surface area contributed by atoms with E-state index < -0.39 is 0 Å². The molecule has 1 aliphatic carbocycles. The van der Waals surface area contributed by atoms with E-state index in [1.807, 2.05) is 50.6 Å². The molecule has 1 fully saturated rings. The van der Waals surface area contributed by atoms with E-state index in [-0.39, 0.29) is 0 Å². The van der Waals surface area contributed by atoms with Gasteiger partial charge < -0.3 is 10.1 Å². The Labute approximate surface area is 174 Å². The number of anilines is 1. The Bertz CT molecular complexity index is 1190. The Morgan fingerprint density at radius 2 is 2.10 bits per heavy atom. The highest BCUT2D eigenvalue weighted by atomic mass is 16.5. The SMILES string of the molecule is Cc1nc(NCc2cnn(C)c2)cc(OC[C@H]2C[C@@H]2c2ccc3ncccc3n2)n1. The summed E-state index contributed by atoms with van der Waals surface area (Å²) < 4.78 is 7.78. The Balaban J connectivity index is 1.19. The first-order valence-electron chi connectivity index (χ1n) is 10.1. The number of nitrogens with one attached hydrogen (secondary N) is 1. The molecule has 1 aliphatic rings. The van der Waals surface area contributed by atoms with Gasteiger partial charge in [-0.1, -0.05) is 0 Å². The smallest absolute Gasteiger partial charge is 0.218 e. The zero-order valence-electron chi connectivity index (χ0n) is 17.0. The lowest BCUT2D eigenvalue weighted by molar-refractivity contribution is 0.284. The summed E-state index contributed by atoms with van der Waals surface area (Å²) in [6.45, 7) is 3.14. The molecule has 0 amide bonds. The van der Waals surface area contributed by atoms with E-state index in [4.69, 9.17) is 9.72 Å². The van der Waals surface area contributed by atoms with Crippen LogP contribution in [0.25, 0.3) is 11.0 Å². The van der Waals surface area contributed by atoms with Gasteiger partial charge in [0.15, 0.2) is 0 Å². The molecule has 0 radical (unpaired) electrons. The number of ether oxygens (including phenoxy) is 1. The van der Waals surface area contributed by atoms with Crippen molar-refractivity contribution in [2.24, 2.45) is 13.0 Å². The summed E-state index contributed by atoms with van der Waals surface area (Å²) in [5, 5.41) is 7.49. The second-order valence-electron chi connectivity index (χ2n) is 7.71. The van der Waals surface area contributed by atoms with Crippen molar-refractivity contribution in [1.29, 1.82) is 0 Å². The van der Waals surface area contributed by atoms with Gasteiger partial charge in [0.2, 0.25) is 5.88 Å². The van der Waals surface area contributed by atoms with Gasteiger partial charge in [0, 0.05) is 55.1 Å². The van der Waals surface area contributed by atoms with Crippen molar-refractivity contribution in [3.63, 3.8) is 0 Å². The standard InChI is InChI=1S/C22H23N7O/c1-14-26-21(24-10-15-11-25-29(2)12-15)9-22(27-14)30-13-16-8-17(16)18-5-6-19-20(28-18)4-3-7-23-19/h3-7,9,11-12,16-17H,8,10,13H2,1-2H3,(H,24,26,27)/t16-,17+/m1/s1. The summed E-state index contributed by atoms with van der Waals surface area (Å²) in [5.74, 6) is 2.90.